The van der Waals surface area contributed by atoms with Gasteiger partial charge in [-0.15, -0.1) is 11.3 Å². The molecule has 6 nitrogen and oxygen atoms in total. The summed E-state index contributed by atoms with van der Waals surface area (Å²) in [5.74, 6) is -0.470. The molecule has 7 heteroatoms. The molecule has 0 unspecified atom stereocenters. The number of carbonyl (C=O) groups is 1. The van der Waals surface area contributed by atoms with Crippen LogP contribution in [0.15, 0.2) is 57.7 Å². The van der Waals surface area contributed by atoms with E-state index in [0.717, 1.165) is 10.6 Å². The number of fused-ring (bicyclic) bond motifs is 1. The second-order valence-electron chi connectivity index (χ2n) is 6.55. The molecule has 4 aromatic rings. The Labute approximate surface area is 170 Å². The lowest BCUT2D eigenvalue weighted by atomic mass is 10.1. The van der Waals surface area contributed by atoms with Gasteiger partial charge in [0.15, 0.2) is 0 Å². The molecule has 0 atom stereocenters. The number of phenols is 1. The predicted octanol–water partition coefficient (Wildman–Crippen LogP) is 4.60. The van der Waals surface area contributed by atoms with Crippen LogP contribution in [0.1, 0.15) is 26.5 Å². The van der Waals surface area contributed by atoms with E-state index in [1.807, 2.05) is 30.3 Å². The van der Waals surface area contributed by atoms with E-state index < -0.39 is 11.6 Å². The number of hydrogen-bond acceptors (Lipinski definition) is 7. The Bertz CT molecular complexity index is 1270. The van der Waals surface area contributed by atoms with Gasteiger partial charge in [0.1, 0.15) is 27.8 Å². The lowest BCUT2D eigenvalue weighted by Crippen LogP contribution is -2.08. The van der Waals surface area contributed by atoms with Crippen LogP contribution in [0.2, 0.25) is 0 Å². The molecule has 29 heavy (non-hydrogen) atoms. The minimum Gasteiger partial charge on any atom is -0.508 e. The Balaban J connectivity index is 1.60. The molecule has 2 aromatic heterocycles. The number of esters is 1. The maximum Gasteiger partial charge on any atom is 0.350 e. The van der Waals surface area contributed by atoms with E-state index >= 15 is 0 Å². The Morgan fingerprint density at radius 3 is 2.69 bits per heavy atom. The van der Waals surface area contributed by atoms with Crippen LogP contribution in [0.25, 0.3) is 21.5 Å². The summed E-state index contributed by atoms with van der Waals surface area (Å²) in [5.41, 5.74) is 2.21. The number of hydrogen-bond donors (Lipinski definition) is 1. The molecular weight excluding hydrogens is 390 g/mol. The molecule has 4 rings (SSSR count). The van der Waals surface area contributed by atoms with Crippen LogP contribution in [0, 0.1) is 13.8 Å². The topological polar surface area (TPSA) is 89.6 Å². The Morgan fingerprint density at radius 2 is 1.93 bits per heavy atom. The zero-order valence-electron chi connectivity index (χ0n) is 15.8. The van der Waals surface area contributed by atoms with E-state index in [1.54, 1.807) is 19.9 Å². The predicted molar refractivity (Wildman–Crippen MR) is 110 cm³/mol. The largest absolute Gasteiger partial charge is 0.508 e. The highest BCUT2D eigenvalue weighted by atomic mass is 32.1. The van der Waals surface area contributed by atoms with Crippen LogP contribution in [-0.2, 0) is 11.3 Å². The van der Waals surface area contributed by atoms with Crippen LogP contribution < -0.4 is 5.63 Å². The fourth-order valence-corrected chi connectivity index (χ4v) is 4.00. The van der Waals surface area contributed by atoms with Gasteiger partial charge in [0.2, 0.25) is 0 Å². The molecule has 2 aromatic carbocycles. The van der Waals surface area contributed by atoms with Crippen LogP contribution in [0.3, 0.4) is 0 Å². The number of aromatic nitrogens is 1. The third-order valence-corrected chi connectivity index (χ3v) is 5.77. The summed E-state index contributed by atoms with van der Waals surface area (Å²) < 4.78 is 10.7. The van der Waals surface area contributed by atoms with Crippen LogP contribution in [-0.4, -0.2) is 16.1 Å². The van der Waals surface area contributed by atoms with Gasteiger partial charge in [0.25, 0.3) is 0 Å². The van der Waals surface area contributed by atoms with Crippen molar-refractivity contribution in [1.29, 1.82) is 0 Å². The molecule has 2 heterocycles. The highest BCUT2D eigenvalue weighted by molar-refractivity contribution is 7.17. The maximum atomic E-state index is 12.6. The Kier molecular flexibility index (Phi) is 4.90. The van der Waals surface area contributed by atoms with Gasteiger partial charge < -0.3 is 14.3 Å². The summed E-state index contributed by atoms with van der Waals surface area (Å²) >= 11 is 1.27. The summed E-state index contributed by atoms with van der Waals surface area (Å²) in [6.07, 6.45) is 0. The lowest BCUT2D eigenvalue weighted by molar-refractivity contribution is 0.0478. The lowest BCUT2D eigenvalue weighted by Gasteiger charge is -2.09. The second-order valence-corrected chi connectivity index (χ2v) is 7.55. The standard InChI is InChI=1S/C22H17NO5S/c1-12-17(24)9-8-16-15(10-18(25)28-19(12)16)11-27-22(26)20-13(2)23-21(29-20)14-6-4-3-5-7-14/h3-10,24H,11H2,1-2H3. The van der Waals surface area contributed by atoms with E-state index in [1.165, 1.54) is 23.5 Å². The van der Waals surface area contributed by atoms with Crippen LogP contribution in [0.5, 0.6) is 5.75 Å². The first-order valence-corrected chi connectivity index (χ1v) is 9.71. The molecule has 1 N–H and O–H groups in total. The average Bonchev–Trinajstić information content (AvgIpc) is 3.11. The highest BCUT2D eigenvalue weighted by Gasteiger charge is 2.19. The smallest absolute Gasteiger partial charge is 0.350 e. The van der Waals surface area contributed by atoms with Gasteiger partial charge in [-0.3, -0.25) is 0 Å². The maximum absolute atomic E-state index is 12.6. The third-order valence-electron chi connectivity index (χ3n) is 4.58. The summed E-state index contributed by atoms with van der Waals surface area (Å²) in [6, 6.07) is 14.0. The van der Waals surface area contributed by atoms with E-state index in [-0.39, 0.29) is 17.9 Å². The highest BCUT2D eigenvalue weighted by Crippen LogP contribution is 2.30. The number of ether oxygens (including phenoxy) is 1. The van der Waals surface area contributed by atoms with Crippen LogP contribution >= 0.6 is 11.3 Å². The number of rotatable bonds is 4. The number of aromatic hydroxyl groups is 1. The first kappa shape index (κ1) is 18.9. The number of phenolic OH excluding ortho intramolecular Hbond substituents is 1. The van der Waals surface area contributed by atoms with Crippen molar-refractivity contribution in [2.45, 2.75) is 20.5 Å². The minimum absolute atomic E-state index is 0.0310. The van der Waals surface area contributed by atoms with Crippen LogP contribution in [0.4, 0.5) is 0 Å². The van der Waals surface area contributed by atoms with E-state index in [4.69, 9.17) is 9.15 Å². The zero-order chi connectivity index (χ0) is 20.5. The van der Waals surface area contributed by atoms with Gasteiger partial charge in [0.05, 0.1) is 5.69 Å². The molecule has 0 aliphatic heterocycles. The summed E-state index contributed by atoms with van der Waals surface area (Å²) in [6.45, 7) is 3.32. The fourth-order valence-electron chi connectivity index (χ4n) is 3.03. The number of aryl methyl sites for hydroxylation is 2. The monoisotopic (exact) mass is 407 g/mol. The number of carbonyl (C=O) groups excluding carboxylic acids is 1. The molecular formula is C22H17NO5S. The molecule has 0 aliphatic carbocycles. The van der Waals surface area contributed by atoms with Gasteiger partial charge in [-0.05, 0) is 26.0 Å². The van der Waals surface area contributed by atoms with E-state index in [9.17, 15) is 14.7 Å². The van der Waals surface area contributed by atoms with Crippen molar-refractivity contribution in [1.82, 2.24) is 4.98 Å². The van der Waals surface area contributed by atoms with Gasteiger partial charge in [-0.1, -0.05) is 30.3 Å². The summed E-state index contributed by atoms with van der Waals surface area (Å²) in [5, 5.41) is 11.2. The Morgan fingerprint density at radius 1 is 1.17 bits per heavy atom. The Hall–Kier alpha value is -3.45. The summed E-state index contributed by atoms with van der Waals surface area (Å²) in [7, 11) is 0. The van der Waals surface area contributed by atoms with E-state index in [0.29, 0.717) is 27.1 Å². The molecule has 0 saturated heterocycles. The average molecular weight is 407 g/mol. The SMILES string of the molecule is Cc1nc(-c2ccccc2)sc1C(=O)OCc1cc(=O)oc2c(C)c(O)ccc12. The molecule has 0 bridgehead atoms. The van der Waals surface area contributed by atoms with Crippen molar-refractivity contribution in [2.24, 2.45) is 0 Å². The van der Waals surface area contributed by atoms with Gasteiger partial charge in [-0.25, -0.2) is 14.6 Å². The van der Waals surface area contributed by atoms with Gasteiger partial charge >= 0.3 is 11.6 Å². The molecule has 0 saturated carbocycles. The number of benzene rings is 2. The minimum atomic E-state index is -0.572. The van der Waals surface area contributed by atoms with Crippen molar-refractivity contribution in [3.63, 3.8) is 0 Å². The van der Waals surface area contributed by atoms with Gasteiger partial charge in [0, 0.05) is 28.1 Å². The fraction of sp³-hybridized carbons (Fsp3) is 0.136. The number of thiazole rings is 1. The molecule has 0 spiro atoms. The molecule has 146 valence electrons. The molecule has 0 aliphatic rings. The first-order chi connectivity index (χ1) is 13.9. The normalized spacial score (nSPS) is 11.0. The van der Waals surface area contributed by atoms with E-state index in [2.05, 4.69) is 4.98 Å². The summed E-state index contributed by atoms with van der Waals surface area (Å²) in [4.78, 5) is 29.4. The molecule has 0 radical (unpaired) electrons. The first-order valence-electron chi connectivity index (χ1n) is 8.89. The van der Waals surface area contributed by atoms with Crippen molar-refractivity contribution < 1.29 is 19.1 Å². The number of nitrogens with zero attached hydrogens (tertiary/aromatic N) is 1. The van der Waals surface area contributed by atoms with Crippen molar-refractivity contribution >= 4 is 28.3 Å². The second kappa shape index (κ2) is 7.52. The van der Waals surface area contributed by atoms with Crippen molar-refractivity contribution in [2.75, 3.05) is 0 Å². The third kappa shape index (κ3) is 3.64. The quantitative estimate of drug-likeness (QED) is 0.393. The van der Waals surface area contributed by atoms with Crippen molar-refractivity contribution in [3.8, 4) is 16.3 Å². The molecule has 0 amide bonds. The van der Waals surface area contributed by atoms with Gasteiger partial charge in [-0.2, -0.15) is 0 Å². The molecule has 0 fully saturated rings. The zero-order valence-corrected chi connectivity index (χ0v) is 16.6. The van der Waals surface area contributed by atoms with Crippen molar-refractivity contribution in [3.05, 3.63) is 80.6 Å².